The minimum atomic E-state index is -2.16. The van der Waals surface area contributed by atoms with Crippen molar-refractivity contribution in [3.63, 3.8) is 0 Å². The Morgan fingerprint density at radius 2 is 1.92 bits per heavy atom. The molecule has 3 heterocycles. The van der Waals surface area contributed by atoms with Crippen molar-refractivity contribution >= 4 is 40.7 Å². The molecule has 0 aromatic heterocycles. The first-order valence-corrected chi connectivity index (χ1v) is 9.25. The van der Waals surface area contributed by atoms with Gasteiger partial charge in [-0.25, -0.2) is 0 Å². The number of rotatable bonds is 3. The molecule has 3 fully saturated rings. The van der Waals surface area contributed by atoms with Gasteiger partial charge in [0.05, 0.1) is 7.98 Å². The standard InChI is InChI=1S/C16H22Cl3NO6/c1-14(2)22-7-9(24-14)10-8(5-6-20-13(21)16(17,18)19)11-12(23-10)26-15(3,4)25-11/h5,9-12H,6-7H2,1-4H3,(H,20,21)/b8-5-/t9-,10+,11-,12-/m1/s1/i6D/t6-,9+,10-,11+,12+/m0. The monoisotopic (exact) mass is 430 g/mol. The fraction of sp³-hybridized carbons (Fsp3) is 0.812. The second-order valence-electron chi connectivity index (χ2n) is 7.15. The van der Waals surface area contributed by atoms with Gasteiger partial charge in [0.1, 0.15) is 18.3 Å². The van der Waals surface area contributed by atoms with Crippen LogP contribution in [-0.2, 0) is 28.5 Å². The molecule has 0 aliphatic carbocycles. The summed E-state index contributed by atoms with van der Waals surface area (Å²) in [5, 5.41) is 2.31. The highest BCUT2D eigenvalue weighted by Gasteiger charge is 2.55. The number of ether oxygens (including phenoxy) is 5. The zero-order valence-electron chi connectivity index (χ0n) is 15.8. The Kier molecular flexibility index (Phi) is 5.20. The summed E-state index contributed by atoms with van der Waals surface area (Å²) in [5.41, 5.74) is 0.612. The van der Waals surface area contributed by atoms with E-state index < -0.39 is 52.4 Å². The molecule has 3 saturated heterocycles. The van der Waals surface area contributed by atoms with Gasteiger partial charge < -0.3 is 29.0 Å². The zero-order chi connectivity index (χ0) is 20.2. The first-order valence-electron chi connectivity index (χ1n) is 8.70. The molecule has 0 unspecified atom stereocenters. The van der Waals surface area contributed by atoms with Crippen LogP contribution in [0.5, 0.6) is 0 Å². The van der Waals surface area contributed by atoms with Crippen molar-refractivity contribution in [3.05, 3.63) is 11.6 Å². The fourth-order valence-corrected chi connectivity index (χ4v) is 3.26. The number of carbonyl (C=O) groups is 1. The average molecular weight is 432 g/mol. The van der Waals surface area contributed by atoms with Crippen LogP contribution in [0.25, 0.3) is 0 Å². The van der Waals surface area contributed by atoms with Crippen molar-refractivity contribution in [2.24, 2.45) is 0 Å². The van der Waals surface area contributed by atoms with Gasteiger partial charge in [0.2, 0.25) is 0 Å². The van der Waals surface area contributed by atoms with E-state index in [-0.39, 0.29) is 0 Å². The number of hydrogen-bond acceptors (Lipinski definition) is 6. The quantitative estimate of drug-likeness (QED) is 0.546. The highest BCUT2D eigenvalue weighted by Crippen LogP contribution is 2.43. The SMILES string of the molecule is [2H][C@@H](/C=C1\[C@H]2OC(C)(C)O[C@H]2O[C@@H]1[C@H]1COC(C)(C)O1)NC(=O)C(Cl)(Cl)Cl. The first-order chi connectivity index (χ1) is 12.3. The molecule has 0 bridgehead atoms. The number of nitrogens with one attached hydrogen (secondary N) is 1. The van der Waals surface area contributed by atoms with E-state index in [4.69, 9.17) is 59.9 Å². The summed E-state index contributed by atoms with van der Waals surface area (Å²) in [7, 11) is 0. The molecule has 148 valence electrons. The van der Waals surface area contributed by atoms with E-state index in [2.05, 4.69) is 5.32 Å². The van der Waals surface area contributed by atoms with Gasteiger partial charge in [0, 0.05) is 6.52 Å². The number of amides is 1. The third kappa shape index (κ3) is 4.47. The number of halogens is 3. The van der Waals surface area contributed by atoms with Crippen molar-refractivity contribution < 1.29 is 29.8 Å². The lowest BCUT2D eigenvalue weighted by atomic mass is 10.0. The third-order valence-electron chi connectivity index (χ3n) is 4.11. The van der Waals surface area contributed by atoms with E-state index >= 15 is 0 Å². The van der Waals surface area contributed by atoms with Crippen LogP contribution in [0, 0.1) is 0 Å². The summed E-state index contributed by atoms with van der Waals surface area (Å²) in [6.07, 6.45) is -0.684. The Morgan fingerprint density at radius 3 is 2.50 bits per heavy atom. The summed E-state index contributed by atoms with van der Waals surface area (Å²) in [4.78, 5) is 11.8. The largest absolute Gasteiger partial charge is 0.349 e. The van der Waals surface area contributed by atoms with Gasteiger partial charge in [-0.3, -0.25) is 4.79 Å². The van der Waals surface area contributed by atoms with Crippen LogP contribution in [0.2, 0.25) is 0 Å². The van der Waals surface area contributed by atoms with Crippen LogP contribution in [0.3, 0.4) is 0 Å². The smallest absolute Gasteiger partial charge is 0.272 e. The molecule has 3 aliphatic rings. The van der Waals surface area contributed by atoms with Crippen LogP contribution >= 0.6 is 34.8 Å². The second kappa shape index (κ2) is 7.04. The predicted octanol–water partition coefficient (Wildman–Crippen LogP) is 2.43. The summed E-state index contributed by atoms with van der Waals surface area (Å²) >= 11 is 16.6. The van der Waals surface area contributed by atoms with Crippen LogP contribution < -0.4 is 5.32 Å². The minimum absolute atomic E-state index is 0.307. The van der Waals surface area contributed by atoms with Crippen LogP contribution in [0.15, 0.2) is 11.6 Å². The van der Waals surface area contributed by atoms with E-state index in [0.29, 0.717) is 12.2 Å². The minimum Gasteiger partial charge on any atom is -0.349 e. The maximum absolute atomic E-state index is 11.8. The molecule has 0 saturated carbocycles. The molecule has 0 radical (unpaired) electrons. The summed E-state index contributed by atoms with van der Waals surface area (Å²) < 4.78 is 35.1. The molecule has 0 aromatic carbocycles. The lowest BCUT2D eigenvalue weighted by molar-refractivity contribution is -0.215. The molecule has 0 spiro atoms. The Bertz CT molecular complexity index is 638. The Balaban J connectivity index is 1.81. The molecule has 26 heavy (non-hydrogen) atoms. The maximum Gasteiger partial charge on any atom is 0.272 e. The molecule has 3 rings (SSSR count). The van der Waals surface area contributed by atoms with Crippen molar-refractivity contribution in [2.75, 3.05) is 13.1 Å². The first kappa shape index (κ1) is 19.2. The molecule has 3 aliphatic heterocycles. The van der Waals surface area contributed by atoms with Gasteiger partial charge in [0.25, 0.3) is 9.70 Å². The zero-order valence-corrected chi connectivity index (χ0v) is 17.0. The highest BCUT2D eigenvalue weighted by atomic mass is 35.6. The Hall–Kier alpha value is -0.120. The number of alkyl halides is 3. The molecule has 7 nitrogen and oxygen atoms in total. The van der Waals surface area contributed by atoms with Gasteiger partial charge in [0.15, 0.2) is 17.9 Å². The maximum atomic E-state index is 11.8. The average Bonchev–Trinajstić information content (AvgIpc) is 3.09. The second-order valence-corrected chi connectivity index (χ2v) is 9.43. The summed E-state index contributed by atoms with van der Waals surface area (Å²) in [5.74, 6) is -2.49. The van der Waals surface area contributed by atoms with Crippen molar-refractivity contribution in [1.82, 2.24) is 5.32 Å². The Morgan fingerprint density at radius 1 is 1.23 bits per heavy atom. The van der Waals surface area contributed by atoms with E-state index in [1.165, 1.54) is 6.08 Å². The predicted molar refractivity (Wildman–Crippen MR) is 95.0 cm³/mol. The van der Waals surface area contributed by atoms with Crippen LogP contribution in [-0.4, -0.2) is 59.0 Å². The summed E-state index contributed by atoms with van der Waals surface area (Å²) in [6, 6.07) is 0. The number of fused-ring (bicyclic) bond motifs is 1. The van der Waals surface area contributed by atoms with E-state index in [1.807, 2.05) is 0 Å². The van der Waals surface area contributed by atoms with Crippen LogP contribution in [0.4, 0.5) is 0 Å². The molecule has 0 aromatic rings. The van der Waals surface area contributed by atoms with Gasteiger partial charge >= 0.3 is 0 Å². The lowest BCUT2D eigenvalue weighted by Gasteiger charge is -2.25. The van der Waals surface area contributed by atoms with E-state index in [9.17, 15) is 4.79 Å². The molecular formula is C16H22Cl3NO6. The van der Waals surface area contributed by atoms with E-state index in [1.54, 1.807) is 27.7 Å². The van der Waals surface area contributed by atoms with Crippen LogP contribution in [0.1, 0.15) is 29.1 Å². The Labute approximate surface area is 168 Å². The van der Waals surface area contributed by atoms with Crippen molar-refractivity contribution in [2.45, 2.75) is 67.7 Å². The molecule has 5 atom stereocenters. The highest BCUT2D eigenvalue weighted by molar-refractivity contribution is 6.76. The van der Waals surface area contributed by atoms with Gasteiger partial charge in [-0.1, -0.05) is 40.9 Å². The van der Waals surface area contributed by atoms with Gasteiger partial charge in [-0.15, -0.1) is 0 Å². The summed E-state index contributed by atoms with van der Waals surface area (Å²) in [6.45, 7) is 6.26. The number of hydrogen-bond donors (Lipinski definition) is 1. The normalized spacial score (nSPS) is 38.9. The van der Waals surface area contributed by atoms with Gasteiger partial charge in [-0.05, 0) is 33.3 Å². The lowest BCUT2D eigenvalue weighted by Crippen LogP contribution is -2.37. The fourth-order valence-electron chi connectivity index (χ4n) is 3.09. The molecule has 10 heteroatoms. The molecule has 1 amide bonds. The third-order valence-corrected chi connectivity index (χ3v) is 4.63. The van der Waals surface area contributed by atoms with Gasteiger partial charge in [-0.2, -0.15) is 0 Å². The topological polar surface area (TPSA) is 75.2 Å². The molecule has 1 N–H and O–H groups in total. The molecular weight excluding hydrogens is 409 g/mol. The van der Waals surface area contributed by atoms with E-state index in [0.717, 1.165) is 0 Å². The van der Waals surface area contributed by atoms with Crippen molar-refractivity contribution in [3.8, 4) is 0 Å². The number of carbonyl (C=O) groups excluding carboxylic acids is 1. The van der Waals surface area contributed by atoms with Crippen molar-refractivity contribution in [1.29, 1.82) is 0 Å².